The average molecular weight is 1040 g/mol. The molecule has 3 N–H and O–H groups in total. The molecule has 408 valence electrons. The molecule has 0 aromatic heterocycles. The number of Topliss-reactive ketones (excluding diaryl/α,β-unsaturated/α-hetero) is 2. The Balaban J connectivity index is 1.89. The highest BCUT2D eigenvalue weighted by atomic mass is 28.4. The van der Waals surface area contributed by atoms with Crippen LogP contribution in [0.25, 0.3) is 0 Å². The van der Waals surface area contributed by atoms with Gasteiger partial charge in [-0.2, -0.15) is 0 Å². The van der Waals surface area contributed by atoms with E-state index in [4.69, 9.17) is 28.1 Å². The van der Waals surface area contributed by atoms with Gasteiger partial charge in [0.1, 0.15) is 24.0 Å². The summed E-state index contributed by atoms with van der Waals surface area (Å²) in [7, 11) is -0.136. The fourth-order valence-electron chi connectivity index (χ4n) is 11.4. The Morgan fingerprint density at radius 1 is 0.873 bits per heavy atom. The van der Waals surface area contributed by atoms with Gasteiger partial charge in [-0.3, -0.25) is 14.4 Å². The first kappa shape index (κ1) is 61.4. The number of esters is 1. The molecule has 0 spiro atoms. The second kappa shape index (κ2) is 25.1. The number of fused-ring (bicyclic) bond motifs is 3. The van der Waals surface area contributed by atoms with Gasteiger partial charge < -0.3 is 48.0 Å². The number of amides is 1. The number of piperidine rings is 1. The van der Waals surface area contributed by atoms with E-state index in [0.29, 0.717) is 38.5 Å². The van der Waals surface area contributed by atoms with E-state index in [1.165, 1.54) is 12.0 Å². The van der Waals surface area contributed by atoms with E-state index in [0.717, 1.165) is 24.0 Å². The molecule has 71 heavy (non-hydrogen) atoms. The highest BCUT2D eigenvalue weighted by Gasteiger charge is 2.57. The molecule has 0 radical (unpaired) electrons. The van der Waals surface area contributed by atoms with Crippen molar-refractivity contribution in [2.75, 3.05) is 34.5 Å². The summed E-state index contributed by atoms with van der Waals surface area (Å²) in [6.45, 7) is 28.7. The molecule has 0 aromatic rings. The number of allylic oxidation sites excluding steroid dienone is 3. The van der Waals surface area contributed by atoms with Gasteiger partial charge in [0, 0.05) is 58.7 Å². The molecule has 1 amide bonds. The predicted molar refractivity (Wildman–Crippen MR) is 281 cm³/mol. The van der Waals surface area contributed by atoms with Gasteiger partial charge in [0.05, 0.1) is 24.4 Å². The SMILES string of the molecule is COC1CC(/C=C(\C)[C@H]2OC(=O)C3CCCCN3C(=O)C(=O)C3(O)O[C@@H](C(OC)CC3C)[C@@H](OC)C[C@@H](C)C/C(C)=C/[C@@H](CCO)C(=O)CC(CC(C)(C)[Si](C)(C)O)[C@H]2C)CCC1O[Si](C)(C)C(C)(C)C. The summed E-state index contributed by atoms with van der Waals surface area (Å²) in [6.07, 6.45) is 6.71. The number of rotatable bonds is 12. The lowest BCUT2D eigenvalue weighted by atomic mass is 9.75. The van der Waals surface area contributed by atoms with E-state index in [1.807, 2.05) is 53.8 Å². The summed E-state index contributed by atoms with van der Waals surface area (Å²) < 4.78 is 38.0. The van der Waals surface area contributed by atoms with E-state index in [2.05, 4.69) is 46.9 Å². The number of ether oxygens (including phenoxy) is 5. The van der Waals surface area contributed by atoms with Gasteiger partial charge in [0.25, 0.3) is 11.7 Å². The van der Waals surface area contributed by atoms with Crippen LogP contribution in [0, 0.1) is 35.5 Å². The standard InChI is InChI=1S/C55H97NO13Si2/c1-34-26-35(2)28-46(65-12)49-47(66-13)30-37(4)55(62,68-49)50(59)51(60)56-24-19-18-20-42(56)52(61)67-48(36(3)29-39-21-22-44(45(31-39)64-11)69-71(16,17)53(6,7)8)38(5)41(33-54(9,10)70(14,15)63)32-43(58)40(27-34)23-25-57/h27,29,35,37-42,44-49,57,62-63H,18-26,28,30-33H2,1-17H3/b34-27+,36-29+/t35-,37?,38+,39?,40+,41?,42?,44?,45?,46-,47?,48+,49+,55?/m0/s1. The zero-order chi connectivity index (χ0) is 53.6. The molecule has 4 aliphatic rings. The smallest absolute Gasteiger partial charge is 0.329 e. The van der Waals surface area contributed by atoms with Gasteiger partial charge in [0.15, 0.2) is 16.6 Å². The molecule has 14 nitrogen and oxygen atoms in total. The van der Waals surface area contributed by atoms with Gasteiger partial charge in [-0.1, -0.05) is 73.1 Å². The molecule has 3 heterocycles. The van der Waals surface area contributed by atoms with Crippen LogP contribution in [-0.4, -0.2) is 143 Å². The molecule has 1 aliphatic carbocycles. The number of methoxy groups -OCH3 is 3. The van der Waals surface area contributed by atoms with Crippen molar-refractivity contribution >= 4 is 40.1 Å². The summed E-state index contributed by atoms with van der Waals surface area (Å²) in [5, 5.41) is 22.1. The third kappa shape index (κ3) is 15.1. The molecule has 14 atom stereocenters. The van der Waals surface area contributed by atoms with Crippen LogP contribution >= 0.6 is 0 Å². The van der Waals surface area contributed by atoms with Crippen LogP contribution in [0.1, 0.15) is 146 Å². The summed E-state index contributed by atoms with van der Waals surface area (Å²) in [6, 6.07) is -1.13. The fraction of sp³-hybridized carbons (Fsp3) is 0.855. The third-order valence-electron chi connectivity index (χ3n) is 17.7. The highest BCUT2D eigenvalue weighted by molar-refractivity contribution is 6.74. The monoisotopic (exact) mass is 1040 g/mol. The van der Waals surface area contributed by atoms with Crippen LogP contribution in [0.2, 0.25) is 36.3 Å². The van der Waals surface area contributed by atoms with Crippen LogP contribution in [-0.2, 0) is 47.3 Å². The second-order valence-electron chi connectivity index (χ2n) is 24.9. The highest BCUT2D eigenvalue weighted by Crippen LogP contribution is 2.47. The molecule has 0 aromatic carbocycles. The first-order valence-corrected chi connectivity index (χ1v) is 32.7. The second-order valence-corrected chi connectivity index (χ2v) is 34.2. The summed E-state index contributed by atoms with van der Waals surface area (Å²) in [4.78, 5) is 72.0. The van der Waals surface area contributed by atoms with E-state index in [-0.39, 0.29) is 79.6 Å². The Hall–Kier alpha value is -2.13. The Morgan fingerprint density at radius 2 is 1.49 bits per heavy atom. The third-order valence-corrected chi connectivity index (χ3v) is 25.8. The average Bonchev–Trinajstić information content (AvgIpc) is 3.28. The molecular weight excluding hydrogens is 939 g/mol. The summed E-state index contributed by atoms with van der Waals surface area (Å²) in [5.41, 5.74) is 1.76. The molecule has 2 bridgehead atoms. The maximum absolute atomic E-state index is 15.0. The number of aliphatic hydroxyl groups excluding tert-OH is 1. The van der Waals surface area contributed by atoms with Crippen molar-refractivity contribution in [1.82, 2.24) is 4.90 Å². The number of carbonyl (C=O) groups excluding carboxylic acids is 4. The van der Waals surface area contributed by atoms with Crippen molar-refractivity contribution in [3.05, 3.63) is 23.3 Å². The molecule has 3 fully saturated rings. The van der Waals surface area contributed by atoms with Gasteiger partial charge >= 0.3 is 5.97 Å². The first-order chi connectivity index (χ1) is 32.9. The zero-order valence-electron chi connectivity index (χ0n) is 46.9. The lowest BCUT2D eigenvalue weighted by Gasteiger charge is -2.47. The van der Waals surface area contributed by atoms with Gasteiger partial charge in [0.2, 0.25) is 5.79 Å². The minimum absolute atomic E-state index is 0.0156. The minimum atomic E-state index is -2.84. The molecule has 16 heteroatoms. The molecule has 1 saturated carbocycles. The number of nitrogens with zero attached hydrogens (tertiary/aromatic N) is 1. The normalized spacial score (nSPS) is 36.3. The van der Waals surface area contributed by atoms with Crippen molar-refractivity contribution in [2.45, 2.75) is 231 Å². The Bertz CT molecular complexity index is 1870. The van der Waals surface area contributed by atoms with Gasteiger partial charge in [-0.25, -0.2) is 4.79 Å². The lowest BCUT2D eigenvalue weighted by molar-refractivity contribution is -0.302. The van der Waals surface area contributed by atoms with Crippen molar-refractivity contribution in [1.29, 1.82) is 0 Å². The molecule has 3 aliphatic heterocycles. The molecular formula is C55H97NO13Si2. The van der Waals surface area contributed by atoms with E-state index < -0.39 is 93.3 Å². The quantitative estimate of drug-likeness (QED) is 0.0728. The van der Waals surface area contributed by atoms with Crippen LogP contribution in [0.5, 0.6) is 0 Å². The number of aliphatic hydroxyl groups is 2. The Kier molecular flexibility index (Phi) is 21.8. The number of carbonyl (C=O) groups is 4. The van der Waals surface area contributed by atoms with Crippen molar-refractivity contribution < 1.29 is 62.3 Å². The Labute approximate surface area is 430 Å². The van der Waals surface area contributed by atoms with Crippen molar-refractivity contribution in [3.8, 4) is 0 Å². The number of cyclic esters (lactones) is 1. The maximum Gasteiger partial charge on any atom is 0.329 e. The van der Waals surface area contributed by atoms with Crippen LogP contribution < -0.4 is 0 Å². The summed E-state index contributed by atoms with van der Waals surface area (Å²) in [5.74, 6) is -7.62. The number of ketones is 2. The molecule has 4 rings (SSSR count). The topological polar surface area (TPSA) is 188 Å². The fourth-order valence-corrected chi connectivity index (χ4v) is 13.5. The van der Waals surface area contributed by atoms with Crippen molar-refractivity contribution in [3.63, 3.8) is 0 Å². The largest absolute Gasteiger partial charge is 0.456 e. The summed E-state index contributed by atoms with van der Waals surface area (Å²) >= 11 is 0. The van der Waals surface area contributed by atoms with Gasteiger partial charge in [-0.05, 0) is 144 Å². The number of hydrogen-bond donors (Lipinski definition) is 3. The minimum Gasteiger partial charge on any atom is -0.456 e. The molecule has 2 saturated heterocycles. The molecule has 8 unspecified atom stereocenters. The zero-order valence-corrected chi connectivity index (χ0v) is 48.9. The lowest BCUT2D eigenvalue weighted by Crippen LogP contribution is -2.64. The van der Waals surface area contributed by atoms with E-state index in [1.54, 1.807) is 21.1 Å². The Morgan fingerprint density at radius 3 is 2.07 bits per heavy atom. The first-order valence-electron chi connectivity index (χ1n) is 26.8. The van der Waals surface area contributed by atoms with E-state index >= 15 is 4.79 Å². The maximum atomic E-state index is 15.0. The van der Waals surface area contributed by atoms with Gasteiger partial charge in [-0.15, -0.1) is 0 Å². The predicted octanol–water partition coefficient (Wildman–Crippen LogP) is 9.10. The number of hydrogen-bond acceptors (Lipinski definition) is 13. The van der Waals surface area contributed by atoms with Crippen LogP contribution in [0.15, 0.2) is 23.3 Å². The van der Waals surface area contributed by atoms with Crippen LogP contribution in [0.3, 0.4) is 0 Å². The van der Waals surface area contributed by atoms with Crippen molar-refractivity contribution in [2.24, 2.45) is 35.5 Å². The van der Waals surface area contributed by atoms with E-state index in [9.17, 15) is 29.4 Å². The van der Waals surface area contributed by atoms with Crippen LogP contribution in [0.4, 0.5) is 0 Å².